The summed E-state index contributed by atoms with van der Waals surface area (Å²) < 4.78 is 1.83. The Hall–Kier alpha value is -3.94. The third-order valence-corrected chi connectivity index (χ3v) is 6.11. The smallest absolute Gasteiger partial charge is 0.240 e. The van der Waals surface area contributed by atoms with Crippen LogP contribution in [-0.2, 0) is 11.3 Å². The number of nitrogens with zero attached hydrogens (tertiary/aromatic N) is 5. The summed E-state index contributed by atoms with van der Waals surface area (Å²) in [4.78, 5) is 13.7. The van der Waals surface area contributed by atoms with Crippen molar-refractivity contribution in [3.63, 3.8) is 0 Å². The SMILES string of the molecule is CCN(CC)c1ccc(C=NN=Cc2c(O)n(CC)c3cc(C4=NNC(=O)CC4)ccc23)cc1. The summed E-state index contributed by atoms with van der Waals surface area (Å²) in [5.41, 5.74) is 7.94. The number of rotatable bonds is 8. The second kappa shape index (κ2) is 10.3. The van der Waals surface area contributed by atoms with Crippen LogP contribution in [0.3, 0.4) is 0 Å². The zero-order valence-corrected chi connectivity index (χ0v) is 19.8. The first-order chi connectivity index (χ1) is 16.5. The molecule has 176 valence electrons. The molecule has 34 heavy (non-hydrogen) atoms. The number of aromatic nitrogens is 1. The average Bonchev–Trinajstić information content (AvgIpc) is 3.13. The summed E-state index contributed by atoms with van der Waals surface area (Å²) in [5, 5.41) is 24.3. The first-order valence-electron chi connectivity index (χ1n) is 11.7. The van der Waals surface area contributed by atoms with Gasteiger partial charge in [-0.15, -0.1) is 0 Å². The summed E-state index contributed by atoms with van der Waals surface area (Å²) in [5.74, 6) is 0.0781. The first-order valence-corrected chi connectivity index (χ1v) is 11.7. The van der Waals surface area contributed by atoms with Crippen molar-refractivity contribution in [3.05, 3.63) is 59.2 Å². The Labute approximate surface area is 199 Å². The second-order valence-corrected chi connectivity index (χ2v) is 8.06. The molecule has 2 N–H and O–H groups in total. The normalized spacial score (nSPS) is 14.2. The van der Waals surface area contributed by atoms with Gasteiger partial charge in [-0.05, 0) is 50.1 Å². The van der Waals surface area contributed by atoms with Crippen LogP contribution in [-0.4, -0.2) is 46.8 Å². The standard InChI is InChI=1S/C26H30N6O2/c1-4-31(5-2)20-10-7-18(8-11-20)16-27-28-17-22-21-12-9-19(23-13-14-25(33)30-29-23)15-24(21)32(6-3)26(22)34/h7-12,15-17,34H,4-6,13-14H2,1-3H3,(H,30,33). The van der Waals surface area contributed by atoms with E-state index in [2.05, 4.69) is 51.6 Å². The first kappa shape index (κ1) is 23.2. The Bertz CT molecular complexity index is 1270. The molecular formula is C26H30N6O2. The fourth-order valence-corrected chi connectivity index (χ4v) is 4.22. The minimum atomic E-state index is -0.0710. The summed E-state index contributed by atoms with van der Waals surface area (Å²) in [6.45, 7) is 8.80. The highest BCUT2D eigenvalue weighted by Crippen LogP contribution is 2.31. The Balaban J connectivity index is 1.57. The molecule has 1 aliphatic heterocycles. The van der Waals surface area contributed by atoms with Gasteiger partial charge in [0.1, 0.15) is 0 Å². The average molecular weight is 459 g/mol. The van der Waals surface area contributed by atoms with Crippen LogP contribution in [0.15, 0.2) is 57.8 Å². The molecule has 0 fully saturated rings. The Kier molecular flexibility index (Phi) is 7.06. The van der Waals surface area contributed by atoms with E-state index < -0.39 is 0 Å². The number of benzene rings is 2. The molecule has 2 heterocycles. The van der Waals surface area contributed by atoms with Crippen LogP contribution < -0.4 is 10.3 Å². The Morgan fingerprint density at radius 1 is 1.06 bits per heavy atom. The molecule has 0 radical (unpaired) electrons. The van der Waals surface area contributed by atoms with Crippen LogP contribution in [0.5, 0.6) is 5.88 Å². The fraction of sp³-hybridized carbons (Fsp3) is 0.308. The summed E-state index contributed by atoms with van der Waals surface area (Å²) in [6, 6.07) is 14.1. The number of amides is 1. The molecule has 1 aromatic heterocycles. The number of aromatic hydroxyl groups is 1. The van der Waals surface area contributed by atoms with Gasteiger partial charge in [0.05, 0.1) is 29.2 Å². The summed E-state index contributed by atoms with van der Waals surface area (Å²) in [6.07, 6.45) is 4.30. The van der Waals surface area contributed by atoms with Crippen molar-refractivity contribution in [1.29, 1.82) is 0 Å². The number of aryl methyl sites for hydroxylation is 1. The molecule has 0 unspecified atom stereocenters. The molecule has 0 bridgehead atoms. The molecule has 3 aromatic rings. The van der Waals surface area contributed by atoms with Crippen LogP contribution in [0.2, 0.25) is 0 Å². The van der Waals surface area contributed by atoms with Gasteiger partial charge in [0.15, 0.2) is 0 Å². The quantitative estimate of drug-likeness (QED) is 0.390. The van der Waals surface area contributed by atoms with Crippen LogP contribution in [0.4, 0.5) is 5.69 Å². The number of hydrogen-bond donors (Lipinski definition) is 2. The van der Waals surface area contributed by atoms with Gasteiger partial charge in [-0.1, -0.05) is 24.3 Å². The molecule has 0 saturated heterocycles. The molecular weight excluding hydrogens is 428 g/mol. The van der Waals surface area contributed by atoms with Gasteiger partial charge in [-0.3, -0.25) is 4.79 Å². The van der Waals surface area contributed by atoms with Crippen molar-refractivity contribution in [2.24, 2.45) is 15.3 Å². The van der Waals surface area contributed by atoms with E-state index in [4.69, 9.17) is 0 Å². The van der Waals surface area contributed by atoms with Crippen molar-refractivity contribution >= 4 is 40.6 Å². The van der Waals surface area contributed by atoms with Crippen molar-refractivity contribution in [1.82, 2.24) is 9.99 Å². The van der Waals surface area contributed by atoms with Crippen LogP contribution in [0.1, 0.15) is 50.3 Å². The predicted molar refractivity (Wildman–Crippen MR) is 138 cm³/mol. The number of anilines is 1. The van der Waals surface area contributed by atoms with E-state index in [9.17, 15) is 9.90 Å². The van der Waals surface area contributed by atoms with Gasteiger partial charge >= 0.3 is 0 Å². The van der Waals surface area contributed by atoms with E-state index in [1.165, 1.54) is 5.69 Å². The maximum absolute atomic E-state index is 11.4. The van der Waals surface area contributed by atoms with E-state index >= 15 is 0 Å². The predicted octanol–water partition coefficient (Wildman–Crippen LogP) is 4.28. The van der Waals surface area contributed by atoms with Crippen LogP contribution >= 0.6 is 0 Å². The molecule has 1 amide bonds. The van der Waals surface area contributed by atoms with Crippen LogP contribution in [0.25, 0.3) is 10.9 Å². The summed E-state index contributed by atoms with van der Waals surface area (Å²) >= 11 is 0. The van der Waals surface area contributed by atoms with E-state index in [1.807, 2.05) is 41.8 Å². The zero-order valence-electron chi connectivity index (χ0n) is 19.8. The van der Waals surface area contributed by atoms with Gasteiger partial charge in [0.25, 0.3) is 0 Å². The molecule has 4 rings (SSSR count). The van der Waals surface area contributed by atoms with Crippen molar-refractivity contribution in [2.45, 2.75) is 40.2 Å². The lowest BCUT2D eigenvalue weighted by Gasteiger charge is -2.20. The molecule has 8 heteroatoms. The lowest BCUT2D eigenvalue weighted by atomic mass is 10.0. The van der Waals surface area contributed by atoms with Crippen molar-refractivity contribution < 1.29 is 9.90 Å². The summed E-state index contributed by atoms with van der Waals surface area (Å²) in [7, 11) is 0. The van der Waals surface area contributed by atoms with Gasteiger partial charge in [-0.2, -0.15) is 15.3 Å². The van der Waals surface area contributed by atoms with Gasteiger partial charge in [0.2, 0.25) is 11.8 Å². The molecule has 0 aliphatic carbocycles. The monoisotopic (exact) mass is 458 g/mol. The largest absolute Gasteiger partial charge is 0.494 e. The fourth-order valence-electron chi connectivity index (χ4n) is 4.22. The maximum atomic E-state index is 11.4. The van der Waals surface area contributed by atoms with E-state index in [0.29, 0.717) is 24.9 Å². The van der Waals surface area contributed by atoms with E-state index in [0.717, 1.165) is 40.8 Å². The highest BCUT2D eigenvalue weighted by molar-refractivity contribution is 6.09. The number of hydrogen-bond acceptors (Lipinski definition) is 6. The second-order valence-electron chi connectivity index (χ2n) is 8.06. The number of carbonyl (C=O) groups is 1. The van der Waals surface area contributed by atoms with E-state index in [-0.39, 0.29) is 11.8 Å². The van der Waals surface area contributed by atoms with Crippen molar-refractivity contribution in [3.8, 4) is 5.88 Å². The van der Waals surface area contributed by atoms with Gasteiger partial charge in [0, 0.05) is 43.5 Å². The molecule has 0 atom stereocenters. The molecule has 0 saturated carbocycles. The Morgan fingerprint density at radius 2 is 1.79 bits per heavy atom. The number of nitrogens with one attached hydrogen (secondary N) is 1. The number of carbonyl (C=O) groups excluding carboxylic acids is 1. The molecule has 0 spiro atoms. The number of fused-ring (bicyclic) bond motifs is 1. The zero-order chi connectivity index (χ0) is 24.1. The highest BCUT2D eigenvalue weighted by Gasteiger charge is 2.18. The lowest BCUT2D eigenvalue weighted by Crippen LogP contribution is -2.25. The number of hydrazone groups is 1. The Morgan fingerprint density at radius 3 is 2.44 bits per heavy atom. The third-order valence-electron chi connectivity index (χ3n) is 6.11. The van der Waals surface area contributed by atoms with Gasteiger partial charge < -0.3 is 14.6 Å². The van der Waals surface area contributed by atoms with Crippen molar-refractivity contribution in [2.75, 3.05) is 18.0 Å². The van der Waals surface area contributed by atoms with Gasteiger partial charge in [-0.25, -0.2) is 5.43 Å². The molecule has 2 aromatic carbocycles. The molecule has 8 nitrogen and oxygen atoms in total. The van der Waals surface area contributed by atoms with E-state index in [1.54, 1.807) is 12.4 Å². The third kappa shape index (κ3) is 4.71. The highest BCUT2D eigenvalue weighted by atomic mass is 16.3. The van der Waals surface area contributed by atoms with Crippen LogP contribution in [0, 0.1) is 0 Å². The lowest BCUT2D eigenvalue weighted by molar-refractivity contribution is -0.121. The maximum Gasteiger partial charge on any atom is 0.240 e. The minimum absolute atomic E-state index is 0.0710. The minimum Gasteiger partial charge on any atom is -0.494 e. The topological polar surface area (TPSA) is 94.6 Å². The molecule has 1 aliphatic rings.